The van der Waals surface area contributed by atoms with Gasteiger partial charge in [0, 0.05) is 19.1 Å². The fraction of sp³-hybridized carbons (Fsp3) is 0.917. The quantitative estimate of drug-likeness (QED) is 0.471. The maximum absolute atomic E-state index is 11.4. The van der Waals surface area contributed by atoms with Gasteiger partial charge in [-0.2, -0.15) is 0 Å². The lowest BCUT2D eigenvalue weighted by Gasteiger charge is -2.18. The van der Waals surface area contributed by atoms with Gasteiger partial charge in [-0.15, -0.1) is 0 Å². The van der Waals surface area contributed by atoms with E-state index in [1.807, 2.05) is 13.8 Å². The van der Waals surface area contributed by atoms with E-state index >= 15 is 0 Å². The van der Waals surface area contributed by atoms with E-state index in [1.165, 1.54) is 10.6 Å². The number of nitrogens with one attached hydrogen (secondary N) is 1. The highest BCUT2D eigenvalue weighted by Crippen LogP contribution is 1.99. The third-order valence-electron chi connectivity index (χ3n) is 2.68. The Morgan fingerprint density at radius 1 is 1.37 bits per heavy atom. The summed E-state index contributed by atoms with van der Waals surface area (Å²) in [6.07, 6.45) is 2.26. The number of carbonyl (C=O) groups is 1. The van der Waals surface area contributed by atoms with Crippen LogP contribution < -0.4 is 5.32 Å². The van der Waals surface area contributed by atoms with Crippen molar-refractivity contribution in [1.29, 1.82) is 0 Å². The van der Waals surface area contributed by atoms with Gasteiger partial charge in [0.25, 0.3) is 0 Å². The molecule has 0 aromatic carbocycles. The summed E-state index contributed by atoms with van der Waals surface area (Å²) < 4.78 is 29.0. The molecule has 0 saturated heterocycles. The highest BCUT2D eigenvalue weighted by molar-refractivity contribution is 7.88. The number of nitrogens with zero attached hydrogens (tertiary/aromatic N) is 1. The Kier molecular flexibility index (Phi) is 8.95. The van der Waals surface area contributed by atoms with Gasteiger partial charge in [0.2, 0.25) is 10.0 Å². The van der Waals surface area contributed by atoms with Crippen LogP contribution in [0.15, 0.2) is 0 Å². The van der Waals surface area contributed by atoms with E-state index in [0.717, 1.165) is 0 Å². The van der Waals surface area contributed by atoms with Crippen LogP contribution in [0.5, 0.6) is 0 Å². The topological polar surface area (TPSA) is 75.7 Å². The van der Waals surface area contributed by atoms with E-state index in [9.17, 15) is 13.2 Å². The maximum Gasteiger partial charge on any atom is 0.307 e. The molecule has 0 amide bonds. The second-order valence-electron chi connectivity index (χ2n) is 4.47. The van der Waals surface area contributed by atoms with Crippen LogP contribution in [0.3, 0.4) is 0 Å². The molecular weight excluding hydrogens is 268 g/mol. The van der Waals surface area contributed by atoms with Gasteiger partial charge in [0.05, 0.1) is 19.3 Å². The van der Waals surface area contributed by atoms with E-state index in [0.29, 0.717) is 39.1 Å². The van der Waals surface area contributed by atoms with Gasteiger partial charge in [-0.25, -0.2) is 12.7 Å². The number of hydrogen-bond acceptors (Lipinski definition) is 5. The normalized spacial score (nSPS) is 13.5. The zero-order valence-electron chi connectivity index (χ0n) is 12.3. The first kappa shape index (κ1) is 18.3. The maximum atomic E-state index is 11.4. The van der Waals surface area contributed by atoms with Gasteiger partial charge in [0.1, 0.15) is 0 Å². The summed E-state index contributed by atoms with van der Waals surface area (Å²) in [6, 6.07) is 0.0346. The first-order valence-corrected chi connectivity index (χ1v) is 8.50. The second kappa shape index (κ2) is 9.28. The molecule has 0 saturated carbocycles. The third-order valence-corrected chi connectivity index (χ3v) is 4.06. The monoisotopic (exact) mass is 294 g/mol. The van der Waals surface area contributed by atoms with Crippen LogP contribution in [-0.2, 0) is 19.6 Å². The van der Waals surface area contributed by atoms with E-state index < -0.39 is 10.0 Å². The highest BCUT2D eigenvalue weighted by Gasteiger charge is 2.14. The Morgan fingerprint density at radius 3 is 2.47 bits per heavy atom. The molecule has 0 heterocycles. The van der Waals surface area contributed by atoms with E-state index in [1.54, 1.807) is 6.92 Å². The highest BCUT2D eigenvalue weighted by atomic mass is 32.2. The number of rotatable bonds is 10. The van der Waals surface area contributed by atoms with Gasteiger partial charge in [-0.3, -0.25) is 4.79 Å². The molecule has 0 aromatic rings. The van der Waals surface area contributed by atoms with Crippen molar-refractivity contribution in [1.82, 2.24) is 9.62 Å². The summed E-state index contributed by atoms with van der Waals surface area (Å²) in [6.45, 7) is 7.55. The Morgan fingerprint density at radius 2 is 2.00 bits per heavy atom. The lowest BCUT2D eigenvalue weighted by molar-refractivity contribution is -0.143. The predicted octanol–water partition coefficient (Wildman–Crippen LogP) is 0.589. The smallest absolute Gasteiger partial charge is 0.307 e. The van der Waals surface area contributed by atoms with Crippen molar-refractivity contribution in [3.8, 4) is 0 Å². The van der Waals surface area contributed by atoms with E-state index in [2.05, 4.69) is 5.32 Å². The number of sulfonamides is 1. The van der Waals surface area contributed by atoms with Crippen molar-refractivity contribution >= 4 is 16.0 Å². The van der Waals surface area contributed by atoms with Gasteiger partial charge >= 0.3 is 5.97 Å². The molecule has 0 aliphatic heterocycles. The van der Waals surface area contributed by atoms with Crippen molar-refractivity contribution in [2.45, 2.75) is 39.7 Å². The Bertz CT molecular complexity index is 357. The van der Waals surface area contributed by atoms with Crippen LogP contribution in [-0.4, -0.2) is 57.2 Å². The fourth-order valence-electron chi connectivity index (χ4n) is 1.70. The first-order chi connectivity index (χ1) is 8.81. The Labute approximate surface area is 116 Å². The summed E-state index contributed by atoms with van der Waals surface area (Å²) in [4.78, 5) is 11.2. The molecule has 1 N–H and O–H groups in total. The predicted molar refractivity (Wildman–Crippen MR) is 75.4 cm³/mol. The number of esters is 1. The molecule has 0 bridgehead atoms. The number of carbonyl (C=O) groups excluding carboxylic acids is 1. The zero-order valence-corrected chi connectivity index (χ0v) is 13.1. The molecule has 7 heteroatoms. The third kappa shape index (κ3) is 8.96. The molecule has 1 unspecified atom stereocenters. The van der Waals surface area contributed by atoms with Crippen LogP contribution in [0.2, 0.25) is 0 Å². The summed E-state index contributed by atoms with van der Waals surface area (Å²) in [5, 5.41) is 3.18. The SMILES string of the molecule is CCOC(=O)CC(C)NCCCN(CC)S(C)(=O)=O. The second-order valence-corrected chi connectivity index (χ2v) is 6.45. The molecule has 19 heavy (non-hydrogen) atoms. The minimum Gasteiger partial charge on any atom is -0.466 e. The van der Waals surface area contributed by atoms with E-state index in [4.69, 9.17) is 4.74 Å². The molecule has 114 valence electrons. The fourth-order valence-corrected chi connectivity index (χ4v) is 2.63. The zero-order chi connectivity index (χ0) is 14.9. The van der Waals surface area contributed by atoms with Gasteiger partial charge in [-0.1, -0.05) is 6.92 Å². The molecule has 0 aromatic heterocycles. The molecule has 0 radical (unpaired) electrons. The van der Waals surface area contributed by atoms with Gasteiger partial charge in [-0.05, 0) is 26.8 Å². The summed E-state index contributed by atoms with van der Waals surface area (Å²) in [5.74, 6) is -0.214. The molecule has 1 atom stereocenters. The van der Waals surface area contributed by atoms with Crippen molar-refractivity contribution in [3.63, 3.8) is 0 Å². The standard InChI is InChI=1S/C12H26N2O4S/c1-5-14(19(4,16)17)9-7-8-13-11(3)10-12(15)18-6-2/h11,13H,5-10H2,1-4H3. The average molecular weight is 294 g/mol. The van der Waals surface area contributed by atoms with Crippen LogP contribution in [0, 0.1) is 0 Å². The van der Waals surface area contributed by atoms with Crippen LogP contribution >= 0.6 is 0 Å². The van der Waals surface area contributed by atoms with Crippen molar-refractivity contribution in [2.24, 2.45) is 0 Å². The lowest BCUT2D eigenvalue weighted by atomic mass is 10.2. The number of ether oxygens (including phenoxy) is 1. The van der Waals surface area contributed by atoms with Crippen LogP contribution in [0.1, 0.15) is 33.6 Å². The van der Waals surface area contributed by atoms with Crippen molar-refractivity contribution in [3.05, 3.63) is 0 Å². The summed E-state index contributed by atoms with van der Waals surface area (Å²) in [5.41, 5.74) is 0. The van der Waals surface area contributed by atoms with Crippen molar-refractivity contribution in [2.75, 3.05) is 32.5 Å². The molecule has 6 nitrogen and oxygen atoms in total. The summed E-state index contributed by atoms with van der Waals surface area (Å²) >= 11 is 0. The minimum absolute atomic E-state index is 0.0346. The molecule has 0 spiro atoms. The largest absolute Gasteiger partial charge is 0.466 e. The van der Waals surface area contributed by atoms with E-state index in [-0.39, 0.29) is 12.0 Å². The minimum atomic E-state index is -3.11. The summed E-state index contributed by atoms with van der Waals surface area (Å²) in [7, 11) is -3.11. The Balaban J connectivity index is 3.82. The molecule has 0 aliphatic rings. The van der Waals surface area contributed by atoms with Crippen LogP contribution in [0.25, 0.3) is 0 Å². The Hall–Kier alpha value is -0.660. The van der Waals surface area contributed by atoms with Gasteiger partial charge in [0.15, 0.2) is 0 Å². The molecule has 0 fully saturated rings. The van der Waals surface area contributed by atoms with Crippen molar-refractivity contribution < 1.29 is 17.9 Å². The molecule has 0 aliphatic carbocycles. The average Bonchev–Trinajstić information content (AvgIpc) is 2.27. The first-order valence-electron chi connectivity index (χ1n) is 6.65. The van der Waals surface area contributed by atoms with Crippen LogP contribution in [0.4, 0.5) is 0 Å². The molecular formula is C12H26N2O4S. The van der Waals surface area contributed by atoms with Gasteiger partial charge < -0.3 is 10.1 Å². The lowest BCUT2D eigenvalue weighted by Crippen LogP contribution is -2.35. The number of hydrogen-bond donors (Lipinski definition) is 1. The molecule has 0 rings (SSSR count).